The maximum absolute atomic E-state index is 12.4. The fourth-order valence-corrected chi connectivity index (χ4v) is 2.32. The number of allylic oxidation sites excluding steroid dienone is 6. The highest BCUT2D eigenvalue weighted by Crippen LogP contribution is 2.33. The number of carbonyl (C=O) groups is 2. The molecule has 4 heteroatoms. The Bertz CT molecular complexity index is 580. The smallest absolute Gasteiger partial charge is 0.323 e. The molecule has 0 atom stereocenters. The van der Waals surface area contributed by atoms with Gasteiger partial charge in [-0.1, -0.05) is 35.3 Å². The molecule has 0 bridgehead atoms. The number of hydrogen-bond donors (Lipinski definition) is 0. The van der Waals surface area contributed by atoms with Gasteiger partial charge in [-0.3, -0.25) is 9.59 Å². The summed E-state index contributed by atoms with van der Waals surface area (Å²) in [6.45, 7) is 7.85. The summed E-state index contributed by atoms with van der Waals surface area (Å²) in [6.07, 6.45) is 13.2. The minimum absolute atomic E-state index is 0.139. The molecule has 0 fully saturated rings. The SMILES string of the molecule is C#C/C(C)=C/CC(C/C=C(\C)CCC=C(C)C)(C(=O)OC)C(=O)OC. The third-order valence-corrected chi connectivity index (χ3v) is 4.03. The van der Waals surface area contributed by atoms with Gasteiger partial charge in [-0.25, -0.2) is 0 Å². The van der Waals surface area contributed by atoms with Crippen LogP contribution in [0.4, 0.5) is 0 Å². The van der Waals surface area contributed by atoms with Crippen molar-refractivity contribution in [3.63, 3.8) is 0 Å². The Hall–Kier alpha value is -2.28. The molecule has 25 heavy (non-hydrogen) atoms. The highest BCUT2D eigenvalue weighted by Gasteiger charge is 2.46. The summed E-state index contributed by atoms with van der Waals surface area (Å²) in [5.74, 6) is 1.26. The Morgan fingerprint density at radius 2 is 1.48 bits per heavy atom. The number of ether oxygens (including phenoxy) is 2. The summed E-state index contributed by atoms with van der Waals surface area (Å²) in [4.78, 5) is 24.8. The van der Waals surface area contributed by atoms with Crippen LogP contribution in [-0.2, 0) is 19.1 Å². The molecule has 0 aromatic carbocycles. The first-order valence-corrected chi connectivity index (χ1v) is 8.32. The van der Waals surface area contributed by atoms with Crippen molar-refractivity contribution in [2.24, 2.45) is 5.41 Å². The van der Waals surface area contributed by atoms with Crippen LogP contribution in [0.3, 0.4) is 0 Å². The van der Waals surface area contributed by atoms with Crippen LogP contribution in [0, 0.1) is 17.8 Å². The van der Waals surface area contributed by atoms with Crippen molar-refractivity contribution in [1.82, 2.24) is 0 Å². The van der Waals surface area contributed by atoms with Crippen molar-refractivity contribution in [2.45, 2.75) is 53.4 Å². The lowest BCUT2D eigenvalue weighted by Gasteiger charge is -2.26. The monoisotopic (exact) mass is 346 g/mol. The van der Waals surface area contributed by atoms with Gasteiger partial charge in [0, 0.05) is 0 Å². The van der Waals surface area contributed by atoms with Gasteiger partial charge in [0.05, 0.1) is 14.2 Å². The van der Waals surface area contributed by atoms with E-state index in [1.54, 1.807) is 13.0 Å². The molecule has 0 aromatic heterocycles. The average molecular weight is 346 g/mol. The molecular formula is C21H30O4. The number of rotatable bonds is 9. The van der Waals surface area contributed by atoms with Crippen LogP contribution in [0.2, 0.25) is 0 Å². The average Bonchev–Trinajstić information content (AvgIpc) is 2.60. The van der Waals surface area contributed by atoms with Crippen LogP contribution >= 0.6 is 0 Å². The summed E-state index contributed by atoms with van der Waals surface area (Å²) < 4.78 is 9.78. The molecule has 0 unspecified atom stereocenters. The van der Waals surface area contributed by atoms with Crippen molar-refractivity contribution in [2.75, 3.05) is 14.2 Å². The van der Waals surface area contributed by atoms with Gasteiger partial charge in [0.25, 0.3) is 0 Å². The minimum Gasteiger partial charge on any atom is -0.468 e. The number of esters is 2. The molecule has 0 heterocycles. The van der Waals surface area contributed by atoms with E-state index < -0.39 is 17.4 Å². The topological polar surface area (TPSA) is 52.6 Å². The van der Waals surface area contributed by atoms with Crippen LogP contribution in [0.25, 0.3) is 0 Å². The molecule has 0 aliphatic heterocycles. The standard InChI is InChI=1S/C21H30O4/c1-8-17(4)12-14-21(19(22)24-6,20(23)25-7)15-13-18(5)11-9-10-16(2)3/h1,10,12-13H,9,11,14-15H2,2-7H3/b17-12+,18-13+. The van der Waals surface area contributed by atoms with Gasteiger partial charge in [-0.05, 0) is 59.0 Å². The molecule has 4 nitrogen and oxygen atoms in total. The lowest BCUT2D eigenvalue weighted by Crippen LogP contribution is -2.40. The lowest BCUT2D eigenvalue weighted by atomic mass is 9.79. The zero-order valence-corrected chi connectivity index (χ0v) is 16.3. The second-order valence-electron chi connectivity index (χ2n) is 6.38. The van der Waals surface area contributed by atoms with Gasteiger partial charge in [-0.2, -0.15) is 0 Å². The number of methoxy groups -OCH3 is 2. The molecular weight excluding hydrogens is 316 g/mol. The molecule has 0 spiro atoms. The summed E-state index contributed by atoms with van der Waals surface area (Å²) in [5, 5.41) is 0. The van der Waals surface area contributed by atoms with E-state index in [9.17, 15) is 9.59 Å². The molecule has 138 valence electrons. The van der Waals surface area contributed by atoms with Crippen molar-refractivity contribution in [1.29, 1.82) is 0 Å². The third-order valence-electron chi connectivity index (χ3n) is 4.03. The van der Waals surface area contributed by atoms with Crippen LogP contribution in [0.15, 0.2) is 34.9 Å². The fraction of sp³-hybridized carbons (Fsp3) is 0.524. The summed E-state index contributed by atoms with van der Waals surface area (Å²) in [7, 11) is 2.53. The first-order chi connectivity index (χ1) is 11.7. The van der Waals surface area contributed by atoms with E-state index in [1.807, 2.05) is 13.0 Å². The van der Waals surface area contributed by atoms with Crippen molar-refractivity contribution >= 4 is 11.9 Å². The van der Waals surface area contributed by atoms with Gasteiger partial charge in [0.15, 0.2) is 5.41 Å². The van der Waals surface area contributed by atoms with Crippen LogP contribution in [0.5, 0.6) is 0 Å². The molecule has 0 amide bonds. The van der Waals surface area contributed by atoms with E-state index in [1.165, 1.54) is 19.8 Å². The van der Waals surface area contributed by atoms with E-state index in [4.69, 9.17) is 15.9 Å². The van der Waals surface area contributed by atoms with E-state index in [0.717, 1.165) is 18.4 Å². The van der Waals surface area contributed by atoms with Gasteiger partial charge in [0.1, 0.15) is 0 Å². The van der Waals surface area contributed by atoms with Gasteiger partial charge < -0.3 is 9.47 Å². The third kappa shape index (κ3) is 7.43. The Morgan fingerprint density at radius 1 is 0.960 bits per heavy atom. The molecule has 0 radical (unpaired) electrons. The molecule has 0 aliphatic rings. The highest BCUT2D eigenvalue weighted by molar-refractivity contribution is 6.00. The minimum atomic E-state index is -1.42. The van der Waals surface area contributed by atoms with Crippen molar-refractivity contribution in [3.8, 4) is 12.3 Å². The van der Waals surface area contributed by atoms with E-state index in [2.05, 4.69) is 25.8 Å². The summed E-state index contributed by atoms with van der Waals surface area (Å²) in [6, 6.07) is 0. The Morgan fingerprint density at radius 3 is 1.92 bits per heavy atom. The van der Waals surface area contributed by atoms with Crippen molar-refractivity contribution in [3.05, 3.63) is 34.9 Å². The number of terminal acetylenes is 1. The summed E-state index contributed by atoms with van der Waals surface area (Å²) >= 11 is 0. The molecule has 0 aliphatic carbocycles. The fourth-order valence-electron chi connectivity index (χ4n) is 2.32. The van der Waals surface area contributed by atoms with E-state index in [0.29, 0.717) is 5.57 Å². The Labute approximate surface area is 152 Å². The van der Waals surface area contributed by atoms with Crippen molar-refractivity contribution < 1.29 is 19.1 Å². The van der Waals surface area contributed by atoms with Gasteiger partial charge in [0.2, 0.25) is 0 Å². The second kappa shape index (κ2) is 11.3. The quantitative estimate of drug-likeness (QED) is 0.269. The van der Waals surface area contributed by atoms with Crippen LogP contribution in [0.1, 0.15) is 53.4 Å². The first kappa shape index (κ1) is 22.7. The zero-order valence-electron chi connectivity index (χ0n) is 16.3. The molecule has 0 saturated heterocycles. The van der Waals surface area contributed by atoms with E-state index >= 15 is 0 Å². The number of carbonyl (C=O) groups excluding carboxylic acids is 2. The van der Waals surface area contributed by atoms with Gasteiger partial charge in [-0.15, -0.1) is 6.42 Å². The molecule has 0 N–H and O–H groups in total. The lowest BCUT2D eigenvalue weighted by molar-refractivity contribution is -0.168. The van der Waals surface area contributed by atoms with Crippen LogP contribution < -0.4 is 0 Å². The highest BCUT2D eigenvalue weighted by atomic mass is 16.5. The summed E-state index contributed by atoms with van der Waals surface area (Å²) in [5.41, 5.74) is 1.61. The predicted octanol–water partition coefficient (Wildman–Crippen LogP) is 4.37. The predicted molar refractivity (Wildman–Crippen MR) is 101 cm³/mol. The molecule has 0 aromatic rings. The van der Waals surface area contributed by atoms with E-state index in [-0.39, 0.29) is 12.8 Å². The maximum Gasteiger partial charge on any atom is 0.323 e. The number of hydrogen-bond acceptors (Lipinski definition) is 4. The Kier molecular flexibility index (Phi) is 10.3. The second-order valence-corrected chi connectivity index (χ2v) is 6.38. The first-order valence-electron chi connectivity index (χ1n) is 8.32. The zero-order chi connectivity index (χ0) is 19.5. The molecule has 0 saturated carbocycles. The Balaban J connectivity index is 5.56. The van der Waals surface area contributed by atoms with Crippen LogP contribution in [-0.4, -0.2) is 26.2 Å². The largest absolute Gasteiger partial charge is 0.468 e. The van der Waals surface area contributed by atoms with Gasteiger partial charge >= 0.3 is 11.9 Å². The maximum atomic E-state index is 12.4. The molecule has 0 rings (SSSR count). The normalized spacial score (nSPS) is 12.2.